The molecule has 0 amide bonds. The second-order valence-electron chi connectivity index (χ2n) is 3.52. The Labute approximate surface area is 119 Å². The van der Waals surface area contributed by atoms with Crippen LogP contribution in [-0.4, -0.2) is 6.26 Å². The molecule has 6 heteroatoms. The van der Waals surface area contributed by atoms with E-state index in [-0.39, 0.29) is 0 Å². The van der Waals surface area contributed by atoms with Crippen molar-refractivity contribution < 1.29 is 13.2 Å². The Morgan fingerprint density at radius 1 is 1.28 bits per heavy atom. The molecule has 2 aromatic rings. The first-order chi connectivity index (χ1) is 8.43. The van der Waals surface area contributed by atoms with Crippen LogP contribution in [0.4, 0.5) is 13.2 Å². The predicted molar refractivity (Wildman–Crippen MR) is 74.2 cm³/mol. The molecule has 2 rings (SSSR count). The molecule has 0 N–H and O–H groups in total. The summed E-state index contributed by atoms with van der Waals surface area (Å²) in [5.74, 6) is 0. The largest absolute Gasteiger partial charge is 0.418 e. The molecule has 0 fully saturated rings. The number of alkyl halides is 3. The van der Waals surface area contributed by atoms with Gasteiger partial charge in [-0.05, 0) is 24.0 Å². The number of hydrogen-bond acceptors (Lipinski definition) is 2. The molecule has 18 heavy (non-hydrogen) atoms. The van der Waals surface area contributed by atoms with Gasteiger partial charge in [-0.15, -0.1) is 23.1 Å². The standard InChI is InChI=1S/C12H8BrF3S2/c1-17-11-9(12(14,15)16)6-18-10(11)7-3-2-4-8(13)5-7/h2-6H,1H3. The molecular formula is C12H8BrF3S2. The van der Waals surface area contributed by atoms with Crippen molar-refractivity contribution in [2.45, 2.75) is 11.1 Å². The molecule has 1 heterocycles. The average Bonchev–Trinajstić information content (AvgIpc) is 2.72. The first-order valence-corrected chi connectivity index (χ1v) is 7.82. The molecule has 0 saturated heterocycles. The molecule has 0 aliphatic heterocycles. The van der Waals surface area contributed by atoms with Gasteiger partial charge >= 0.3 is 6.18 Å². The number of benzene rings is 1. The van der Waals surface area contributed by atoms with Gasteiger partial charge in [0.15, 0.2) is 0 Å². The summed E-state index contributed by atoms with van der Waals surface area (Å²) in [5.41, 5.74) is 0.254. The maximum atomic E-state index is 12.8. The summed E-state index contributed by atoms with van der Waals surface area (Å²) in [4.78, 5) is 0.960. The fourth-order valence-electron chi connectivity index (χ4n) is 1.57. The van der Waals surface area contributed by atoms with Crippen molar-refractivity contribution in [3.05, 3.63) is 39.7 Å². The number of hydrogen-bond donors (Lipinski definition) is 0. The van der Waals surface area contributed by atoms with Gasteiger partial charge in [0.1, 0.15) is 0 Å². The van der Waals surface area contributed by atoms with E-state index in [0.29, 0.717) is 9.77 Å². The van der Waals surface area contributed by atoms with Crippen molar-refractivity contribution in [3.63, 3.8) is 0 Å². The van der Waals surface area contributed by atoms with E-state index in [9.17, 15) is 13.2 Å². The third kappa shape index (κ3) is 2.75. The van der Waals surface area contributed by atoms with E-state index in [1.165, 1.54) is 5.38 Å². The topological polar surface area (TPSA) is 0 Å². The van der Waals surface area contributed by atoms with Crippen LogP contribution < -0.4 is 0 Å². The summed E-state index contributed by atoms with van der Waals surface area (Å²) in [5, 5.41) is 1.18. The second kappa shape index (κ2) is 5.27. The van der Waals surface area contributed by atoms with Gasteiger partial charge < -0.3 is 0 Å². The highest BCUT2D eigenvalue weighted by Crippen LogP contribution is 2.45. The number of halogens is 4. The van der Waals surface area contributed by atoms with Gasteiger partial charge in [-0.1, -0.05) is 28.1 Å². The lowest BCUT2D eigenvalue weighted by Crippen LogP contribution is -2.04. The Morgan fingerprint density at radius 2 is 2.00 bits per heavy atom. The Balaban J connectivity index is 2.56. The van der Waals surface area contributed by atoms with Gasteiger partial charge in [-0.25, -0.2) is 0 Å². The van der Waals surface area contributed by atoms with Gasteiger partial charge in [0.25, 0.3) is 0 Å². The van der Waals surface area contributed by atoms with Crippen molar-refractivity contribution in [1.82, 2.24) is 0 Å². The third-order valence-corrected chi connectivity index (χ3v) is 4.83. The summed E-state index contributed by atoms with van der Waals surface area (Å²) in [6.45, 7) is 0. The van der Waals surface area contributed by atoms with Crippen LogP contribution in [0, 0.1) is 0 Å². The zero-order valence-corrected chi connectivity index (χ0v) is 12.4. The van der Waals surface area contributed by atoms with Crippen LogP contribution in [-0.2, 0) is 6.18 Å². The molecule has 0 saturated carbocycles. The first-order valence-electron chi connectivity index (χ1n) is 4.92. The Kier molecular flexibility index (Phi) is 4.08. The molecule has 0 radical (unpaired) electrons. The van der Waals surface area contributed by atoms with E-state index in [1.54, 1.807) is 6.26 Å². The van der Waals surface area contributed by atoms with E-state index in [0.717, 1.165) is 33.1 Å². The van der Waals surface area contributed by atoms with E-state index in [1.807, 2.05) is 24.3 Å². The Morgan fingerprint density at radius 3 is 2.56 bits per heavy atom. The minimum atomic E-state index is -4.29. The average molecular weight is 353 g/mol. The van der Waals surface area contributed by atoms with Gasteiger partial charge in [0.05, 0.1) is 5.56 Å². The molecule has 96 valence electrons. The van der Waals surface area contributed by atoms with E-state index < -0.39 is 11.7 Å². The lowest BCUT2D eigenvalue weighted by atomic mass is 10.1. The van der Waals surface area contributed by atoms with Crippen LogP contribution in [0.25, 0.3) is 10.4 Å². The summed E-state index contributed by atoms with van der Waals surface area (Å²) in [6.07, 6.45) is -2.63. The lowest BCUT2D eigenvalue weighted by molar-refractivity contribution is -0.139. The maximum Gasteiger partial charge on any atom is 0.418 e. The van der Waals surface area contributed by atoms with Crippen molar-refractivity contribution >= 4 is 39.0 Å². The quantitative estimate of drug-likeness (QED) is 0.604. The van der Waals surface area contributed by atoms with Crippen molar-refractivity contribution in [3.8, 4) is 10.4 Å². The van der Waals surface area contributed by atoms with E-state index in [2.05, 4.69) is 15.9 Å². The van der Waals surface area contributed by atoms with Crippen LogP contribution in [0.15, 0.2) is 39.0 Å². The Bertz CT molecular complexity index is 561. The minimum absolute atomic E-state index is 0.297. The zero-order valence-electron chi connectivity index (χ0n) is 9.22. The van der Waals surface area contributed by atoms with Crippen molar-refractivity contribution in [1.29, 1.82) is 0 Å². The highest BCUT2D eigenvalue weighted by Gasteiger charge is 2.35. The summed E-state index contributed by atoms with van der Waals surface area (Å²) < 4.78 is 39.3. The monoisotopic (exact) mass is 352 g/mol. The third-order valence-electron chi connectivity index (χ3n) is 2.34. The van der Waals surface area contributed by atoms with Gasteiger partial charge in [-0.2, -0.15) is 13.2 Å². The molecule has 0 spiro atoms. The van der Waals surface area contributed by atoms with Crippen molar-refractivity contribution in [2.75, 3.05) is 6.26 Å². The smallest absolute Gasteiger partial charge is 0.166 e. The minimum Gasteiger partial charge on any atom is -0.166 e. The molecule has 0 aliphatic carbocycles. The first kappa shape index (κ1) is 14.0. The molecule has 0 unspecified atom stereocenters. The summed E-state index contributed by atoms with van der Waals surface area (Å²) in [6, 6.07) is 7.30. The van der Waals surface area contributed by atoms with E-state index >= 15 is 0 Å². The van der Waals surface area contributed by atoms with Gasteiger partial charge in [0, 0.05) is 19.6 Å². The normalized spacial score (nSPS) is 11.8. The van der Waals surface area contributed by atoms with Crippen LogP contribution in [0.2, 0.25) is 0 Å². The number of thiophene rings is 1. The number of thioether (sulfide) groups is 1. The molecular weight excluding hydrogens is 345 g/mol. The maximum absolute atomic E-state index is 12.8. The zero-order chi connectivity index (χ0) is 13.3. The number of rotatable bonds is 2. The summed E-state index contributed by atoms with van der Waals surface area (Å²) >= 11 is 5.59. The molecule has 0 aliphatic rings. The van der Waals surface area contributed by atoms with Crippen LogP contribution in [0.1, 0.15) is 5.56 Å². The second-order valence-corrected chi connectivity index (χ2v) is 6.13. The molecule has 1 aromatic heterocycles. The fraction of sp³-hybridized carbons (Fsp3) is 0.167. The predicted octanol–water partition coefficient (Wildman–Crippen LogP) is 5.92. The molecule has 0 nitrogen and oxygen atoms in total. The fourth-order valence-corrected chi connectivity index (χ4v) is 4.11. The van der Waals surface area contributed by atoms with Crippen LogP contribution in [0.3, 0.4) is 0 Å². The van der Waals surface area contributed by atoms with Crippen LogP contribution in [0.5, 0.6) is 0 Å². The SMILES string of the molecule is CSc1c(C(F)(F)F)csc1-c1cccc(Br)c1. The van der Waals surface area contributed by atoms with Gasteiger partial charge in [-0.3, -0.25) is 0 Å². The van der Waals surface area contributed by atoms with Crippen molar-refractivity contribution in [2.24, 2.45) is 0 Å². The van der Waals surface area contributed by atoms with E-state index in [4.69, 9.17) is 0 Å². The summed E-state index contributed by atoms with van der Waals surface area (Å²) in [7, 11) is 0. The molecule has 0 bridgehead atoms. The lowest BCUT2D eigenvalue weighted by Gasteiger charge is -2.08. The Hall–Kier alpha value is -0.460. The molecule has 0 atom stereocenters. The van der Waals surface area contributed by atoms with Gasteiger partial charge in [0.2, 0.25) is 0 Å². The highest BCUT2D eigenvalue weighted by molar-refractivity contribution is 9.10. The van der Waals surface area contributed by atoms with Crippen LogP contribution >= 0.6 is 39.0 Å². The molecule has 1 aromatic carbocycles. The highest BCUT2D eigenvalue weighted by atomic mass is 79.9.